The smallest absolute Gasteiger partial charge is 0.265 e. The second-order valence-electron chi connectivity index (χ2n) is 7.72. The molecule has 0 unspecified atom stereocenters. The molecule has 0 bridgehead atoms. The summed E-state index contributed by atoms with van der Waals surface area (Å²) in [4.78, 5) is 12.8. The molecule has 0 spiro atoms. The molecule has 168 valence electrons. The van der Waals surface area contributed by atoms with Crippen molar-refractivity contribution in [3.8, 4) is 5.75 Å². The summed E-state index contributed by atoms with van der Waals surface area (Å²) in [6.07, 6.45) is -0.169. The second-order valence-corrected chi connectivity index (χ2v) is 9.40. The Labute approximate surface area is 189 Å². The first-order valence-electron chi connectivity index (χ1n) is 10.4. The minimum Gasteiger partial charge on any atom is -0.481 e. The first kappa shape index (κ1) is 23.3. The predicted octanol–water partition coefficient (Wildman–Crippen LogP) is 5.21. The molecular formula is C25H28N2O4S. The number of ether oxygens (including phenoxy) is 1. The van der Waals surface area contributed by atoms with Gasteiger partial charge in [0.05, 0.1) is 10.6 Å². The third kappa shape index (κ3) is 5.68. The van der Waals surface area contributed by atoms with Crippen molar-refractivity contribution in [2.24, 2.45) is 0 Å². The van der Waals surface area contributed by atoms with Crippen molar-refractivity contribution in [3.05, 3.63) is 83.4 Å². The summed E-state index contributed by atoms with van der Waals surface area (Å²) in [6.45, 7) is 7.53. The number of amides is 1. The molecule has 3 rings (SSSR count). The van der Waals surface area contributed by atoms with Crippen molar-refractivity contribution in [3.63, 3.8) is 0 Å². The highest BCUT2D eigenvalue weighted by Gasteiger charge is 2.20. The molecule has 0 radical (unpaired) electrons. The van der Waals surface area contributed by atoms with Crippen molar-refractivity contribution in [2.75, 3.05) is 10.0 Å². The van der Waals surface area contributed by atoms with Crippen LogP contribution in [0.3, 0.4) is 0 Å². The van der Waals surface area contributed by atoms with Crippen LogP contribution in [0, 0.1) is 20.8 Å². The minimum absolute atomic E-state index is 0.112. The van der Waals surface area contributed by atoms with Crippen LogP contribution in [0.4, 0.5) is 11.4 Å². The van der Waals surface area contributed by atoms with Gasteiger partial charge in [0.2, 0.25) is 0 Å². The van der Waals surface area contributed by atoms with Crippen molar-refractivity contribution in [1.29, 1.82) is 0 Å². The van der Waals surface area contributed by atoms with E-state index in [1.54, 1.807) is 12.1 Å². The van der Waals surface area contributed by atoms with Crippen molar-refractivity contribution in [1.82, 2.24) is 0 Å². The van der Waals surface area contributed by atoms with Crippen LogP contribution in [0.1, 0.15) is 30.0 Å². The summed E-state index contributed by atoms with van der Waals surface area (Å²) in [5.74, 6) is 0.337. The van der Waals surface area contributed by atoms with Crippen LogP contribution in [0.15, 0.2) is 71.6 Å². The lowest BCUT2D eigenvalue weighted by molar-refractivity contribution is -0.122. The first-order valence-corrected chi connectivity index (χ1v) is 11.9. The van der Waals surface area contributed by atoms with Crippen LogP contribution in [-0.4, -0.2) is 20.4 Å². The molecule has 0 fully saturated rings. The standard InChI is InChI=1S/C25H28N2O4S/c1-5-23(31-21-11-6-8-17(2)16-21)25(28)26-20-12-14-22(15-13-20)32(29,30)27-24-18(3)9-7-10-19(24)4/h6-16,23,27H,5H2,1-4H3,(H,26,28)/t23-/m0/s1. The molecule has 1 amide bonds. The maximum atomic E-state index is 12.8. The number of rotatable bonds is 8. The number of carbonyl (C=O) groups excluding carboxylic acids is 1. The minimum atomic E-state index is -3.76. The molecule has 32 heavy (non-hydrogen) atoms. The molecule has 6 nitrogen and oxygen atoms in total. The van der Waals surface area contributed by atoms with Gasteiger partial charge < -0.3 is 10.1 Å². The molecule has 0 aromatic heterocycles. The fourth-order valence-electron chi connectivity index (χ4n) is 3.28. The number of benzene rings is 3. The van der Waals surface area contributed by atoms with E-state index in [0.29, 0.717) is 23.5 Å². The van der Waals surface area contributed by atoms with E-state index in [-0.39, 0.29) is 10.8 Å². The summed E-state index contributed by atoms with van der Waals surface area (Å²) >= 11 is 0. The van der Waals surface area contributed by atoms with Crippen LogP contribution in [0.5, 0.6) is 5.75 Å². The van der Waals surface area contributed by atoms with Crippen LogP contribution in [-0.2, 0) is 14.8 Å². The zero-order valence-corrected chi connectivity index (χ0v) is 19.5. The molecular weight excluding hydrogens is 424 g/mol. The number of hydrogen-bond acceptors (Lipinski definition) is 4. The number of nitrogens with one attached hydrogen (secondary N) is 2. The van der Waals surface area contributed by atoms with Crippen LogP contribution < -0.4 is 14.8 Å². The van der Waals surface area contributed by atoms with E-state index in [2.05, 4.69) is 10.0 Å². The predicted molar refractivity (Wildman–Crippen MR) is 128 cm³/mol. The molecule has 3 aromatic rings. The van der Waals surface area contributed by atoms with Gasteiger partial charge in [-0.15, -0.1) is 0 Å². The van der Waals surface area contributed by atoms with Gasteiger partial charge in [0.15, 0.2) is 6.10 Å². The highest BCUT2D eigenvalue weighted by Crippen LogP contribution is 2.24. The largest absolute Gasteiger partial charge is 0.481 e. The Balaban J connectivity index is 1.70. The Morgan fingerprint density at radius 2 is 1.56 bits per heavy atom. The third-order valence-electron chi connectivity index (χ3n) is 5.08. The number of carbonyl (C=O) groups is 1. The molecule has 0 aliphatic carbocycles. The van der Waals surface area contributed by atoms with Crippen LogP contribution in [0.2, 0.25) is 0 Å². The lowest BCUT2D eigenvalue weighted by Crippen LogP contribution is -2.32. The molecule has 1 atom stereocenters. The summed E-state index contributed by atoms with van der Waals surface area (Å²) < 4.78 is 34.1. The normalized spacial score (nSPS) is 12.1. The van der Waals surface area contributed by atoms with Gasteiger partial charge >= 0.3 is 0 Å². The fourth-order valence-corrected chi connectivity index (χ4v) is 4.49. The molecule has 0 saturated heterocycles. The molecule has 0 saturated carbocycles. The van der Waals surface area contributed by atoms with Crippen LogP contribution in [0.25, 0.3) is 0 Å². The van der Waals surface area contributed by atoms with Gasteiger partial charge in [-0.05, 0) is 80.3 Å². The number of anilines is 2. The van der Waals surface area contributed by atoms with Crippen molar-refractivity contribution < 1.29 is 17.9 Å². The van der Waals surface area contributed by atoms with Crippen molar-refractivity contribution >= 4 is 27.3 Å². The van der Waals surface area contributed by atoms with E-state index in [9.17, 15) is 13.2 Å². The van der Waals surface area contributed by atoms with E-state index in [0.717, 1.165) is 16.7 Å². The number of sulfonamides is 1. The molecule has 0 aliphatic rings. The Bertz CT molecular complexity index is 1180. The summed E-state index contributed by atoms with van der Waals surface area (Å²) in [5, 5.41) is 2.80. The Morgan fingerprint density at radius 3 is 2.16 bits per heavy atom. The monoisotopic (exact) mass is 452 g/mol. The Hall–Kier alpha value is -3.32. The van der Waals surface area contributed by atoms with Gasteiger partial charge in [-0.25, -0.2) is 8.42 Å². The number of hydrogen-bond donors (Lipinski definition) is 2. The zero-order chi connectivity index (χ0) is 23.3. The highest BCUT2D eigenvalue weighted by molar-refractivity contribution is 7.92. The highest BCUT2D eigenvalue weighted by atomic mass is 32.2. The number of aryl methyl sites for hydroxylation is 3. The Morgan fingerprint density at radius 1 is 0.938 bits per heavy atom. The quantitative estimate of drug-likeness (QED) is 0.491. The van der Waals surface area contributed by atoms with Gasteiger partial charge in [0.1, 0.15) is 5.75 Å². The molecule has 0 aliphatic heterocycles. The van der Waals surface area contributed by atoms with E-state index in [1.807, 2.05) is 70.2 Å². The Kier molecular flexibility index (Phi) is 7.20. The SMILES string of the molecule is CC[C@H](Oc1cccc(C)c1)C(=O)Nc1ccc(S(=O)(=O)Nc2c(C)cccc2C)cc1. The fraction of sp³-hybridized carbons (Fsp3) is 0.240. The van der Waals surface area contributed by atoms with Gasteiger partial charge in [-0.1, -0.05) is 37.3 Å². The lowest BCUT2D eigenvalue weighted by atomic mass is 10.1. The zero-order valence-electron chi connectivity index (χ0n) is 18.7. The maximum absolute atomic E-state index is 12.8. The summed E-state index contributed by atoms with van der Waals surface area (Å²) in [5.41, 5.74) is 3.80. The molecule has 7 heteroatoms. The lowest BCUT2D eigenvalue weighted by Gasteiger charge is -2.18. The first-order chi connectivity index (χ1) is 15.2. The van der Waals surface area contributed by atoms with E-state index >= 15 is 0 Å². The van der Waals surface area contributed by atoms with Gasteiger partial charge in [-0.2, -0.15) is 0 Å². The third-order valence-corrected chi connectivity index (χ3v) is 6.45. The average molecular weight is 453 g/mol. The second kappa shape index (κ2) is 9.87. The topological polar surface area (TPSA) is 84.5 Å². The average Bonchev–Trinajstić information content (AvgIpc) is 2.75. The number of para-hydroxylation sites is 1. The maximum Gasteiger partial charge on any atom is 0.265 e. The van der Waals surface area contributed by atoms with E-state index < -0.39 is 16.1 Å². The summed E-state index contributed by atoms with van der Waals surface area (Å²) in [7, 11) is -3.76. The summed E-state index contributed by atoms with van der Waals surface area (Å²) in [6, 6.07) is 19.2. The van der Waals surface area contributed by atoms with Gasteiger partial charge in [0.25, 0.3) is 15.9 Å². The van der Waals surface area contributed by atoms with E-state index in [1.165, 1.54) is 12.1 Å². The van der Waals surface area contributed by atoms with Crippen LogP contribution >= 0.6 is 0 Å². The molecule has 0 heterocycles. The molecule has 2 N–H and O–H groups in total. The molecule has 3 aromatic carbocycles. The van der Waals surface area contributed by atoms with E-state index in [4.69, 9.17) is 4.74 Å². The van der Waals surface area contributed by atoms with Gasteiger partial charge in [0, 0.05) is 5.69 Å². The van der Waals surface area contributed by atoms with Crippen molar-refractivity contribution in [2.45, 2.75) is 45.1 Å². The van der Waals surface area contributed by atoms with Gasteiger partial charge in [-0.3, -0.25) is 9.52 Å².